The minimum absolute atomic E-state index is 0.170. The number of aromatic nitrogens is 1. The molecule has 0 saturated heterocycles. The molecule has 0 saturated carbocycles. The van der Waals surface area contributed by atoms with Gasteiger partial charge in [-0.25, -0.2) is 0 Å². The third-order valence-corrected chi connectivity index (χ3v) is 5.83. The van der Waals surface area contributed by atoms with Gasteiger partial charge in [0.1, 0.15) is 17.5 Å². The maximum absolute atomic E-state index is 13.4. The average molecular weight is 458 g/mol. The fourth-order valence-electron chi connectivity index (χ4n) is 3.93. The third-order valence-electron chi connectivity index (χ3n) is 5.83. The molecule has 3 aromatic carbocycles. The summed E-state index contributed by atoms with van der Waals surface area (Å²) in [5.74, 6) is 0.877. The highest BCUT2D eigenvalue weighted by atomic mass is 16.5. The summed E-state index contributed by atoms with van der Waals surface area (Å²) >= 11 is 0. The topological polar surface area (TPSA) is 83.7 Å². The van der Waals surface area contributed by atoms with Gasteiger partial charge < -0.3 is 24.7 Å². The first-order chi connectivity index (χ1) is 16.5. The number of benzene rings is 3. The third kappa shape index (κ3) is 4.88. The van der Waals surface area contributed by atoms with Crippen LogP contribution in [-0.4, -0.2) is 43.0 Å². The molecule has 4 rings (SSSR count). The Kier molecular flexibility index (Phi) is 6.82. The van der Waals surface area contributed by atoms with E-state index in [1.807, 2.05) is 30.5 Å². The summed E-state index contributed by atoms with van der Waals surface area (Å²) in [6.07, 6.45) is 2.01. The van der Waals surface area contributed by atoms with Crippen molar-refractivity contribution in [3.8, 4) is 11.5 Å². The van der Waals surface area contributed by atoms with Crippen LogP contribution in [0, 0.1) is 0 Å². The molecule has 0 spiro atoms. The lowest BCUT2D eigenvalue weighted by atomic mass is 10.0. The van der Waals surface area contributed by atoms with E-state index in [9.17, 15) is 9.59 Å². The summed E-state index contributed by atoms with van der Waals surface area (Å²) in [6, 6.07) is 21.2. The molecule has 1 heterocycles. The molecular weight excluding hydrogens is 430 g/mol. The molecule has 2 amide bonds. The molecule has 34 heavy (non-hydrogen) atoms. The number of nitrogens with one attached hydrogen (secondary N) is 2. The van der Waals surface area contributed by atoms with E-state index in [0.717, 1.165) is 16.5 Å². The number of aromatic amines is 1. The minimum atomic E-state index is -0.828. The van der Waals surface area contributed by atoms with E-state index in [-0.39, 0.29) is 18.2 Å². The fourth-order valence-corrected chi connectivity index (χ4v) is 3.93. The van der Waals surface area contributed by atoms with E-state index >= 15 is 0 Å². The first-order valence-electron chi connectivity index (χ1n) is 10.9. The molecule has 1 aromatic heterocycles. The van der Waals surface area contributed by atoms with Crippen molar-refractivity contribution in [2.45, 2.75) is 12.5 Å². The quantitative estimate of drug-likeness (QED) is 0.406. The first-order valence-corrected chi connectivity index (χ1v) is 10.9. The normalized spacial score (nSPS) is 11.6. The van der Waals surface area contributed by atoms with Crippen molar-refractivity contribution < 1.29 is 19.1 Å². The standard InChI is InChI=1S/C27H27N3O4/c1-30(25(31)16-19-17-28-24-7-5-4-6-23(19)24)26(18-8-12-21(33-2)13-9-18)27(32)29-20-10-14-22(34-3)15-11-20/h4-15,17,26,28H,16H2,1-3H3,(H,29,32)/t26-/m0/s1. The number of anilines is 1. The Bertz CT molecular complexity index is 1280. The lowest BCUT2D eigenvalue weighted by Crippen LogP contribution is -2.39. The number of carbonyl (C=O) groups is 2. The SMILES string of the molecule is COc1ccc(NC(=O)[C@H](c2ccc(OC)cc2)N(C)C(=O)Cc2c[nH]c3ccccc23)cc1. The molecule has 1 atom stereocenters. The van der Waals surface area contributed by atoms with Gasteiger partial charge >= 0.3 is 0 Å². The number of methoxy groups -OCH3 is 2. The number of hydrogen-bond donors (Lipinski definition) is 2. The van der Waals surface area contributed by atoms with Gasteiger partial charge in [0.25, 0.3) is 5.91 Å². The maximum atomic E-state index is 13.4. The van der Waals surface area contributed by atoms with Gasteiger partial charge in [0, 0.05) is 29.8 Å². The molecule has 7 heteroatoms. The highest BCUT2D eigenvalue weighted by molar-refractivity contribution is 5.98. The molecule has 4 aromatic rings. The van der Waals surface area contributed by atoms with Crippen LogP contribution in [-0.2, 0) is 16.0 Å². The number of para-hydroxylation sites is 1. The van der Waals surface area contributed by atoms with Crippen LogP contribution in [0.3, 0.4) is 0 Å². The Labute approximate surface area is 198 Å². The number of carbonyl (C=O) groups excluding carboxylic acids is 2. The summed E-state index contributed by atoms with van der Waals surface area (Å²) in [7, 11) is 4.82. The second-order valence-electron chi connectivity index (χ2n) is 7.93. The Balaban J connectivity index is 1.60. The van der Waals surface area contributed by atoms with Crippen molar-refractivity contribution in [3.05, 3.63) is 90.1 Å². The highest BCUT2D eigenvalue weighted by Crippen LogP contribution is 2.26. The number of rotatable bonds is 8. The lowest BCUT2D eigenvalue weighted by molar-refractivity contribution is -0.136. The largest absolute Gasteiger partial charge is 0.497 e. The van der Waals surface area contributed by atoms with Gasteiger partial charge in [-0.05, 0) is 53.6 Å². The second kappa shape index (κ2) is 10.1. The molecule has 2 N–H and O–H groups in total. The zero-order valence-corrected chi connectivity index (χ0v) is 19.4. The van der Waals surface area contributed by atoms with Crippen molar-refractivity contribution >= 4 is 28.4 Å². The van der Waals surface area contributed by atoms with Crippen LogP contribution in [0.2, 0.25) is 0 Å². The highest BCUT2D eigenvalue weighted by Gasteiger charge is 2.29. The lowest BCUT2D eigenvalue weighted by Gasteiger charge is -2.28. The van der Waals surface area contributed by atoms with Gasteiger partial charge in [0.15, 0.2) is 0 Å². The van der Waals surface area contributed by atoms with E-state index in [1.54, 1.807) is 69.8 Å². The van der Waals surface area contributed by atoms with E-state index in [4.69, 9.17) is 9.47 Å². The van der Waals surface area contributed by atoms with Crippen molar-refractivity contribution in [1.82, 2.24) is 9.88 Å². The molecule has 0 aliphatic rings. The Morgan fingerprint density at radius 2 is 1.53 bits per heavy atom. The summed E-state index contributed by atoms with van der Waals surface area (Å²) < 4.78 is 10.4. The number of ether oxygens (including phenoxy) is 2. The molecule has 174 valence electrons. The van der Waals surface area contributed by atoms with Crippen LogP contribution in [0.25, 0.3) is 10.9 Å². The van der Waals surface area contributed by atoms with Crippen molar-refractivity contribution in [1.29, 1.82) is 0 Å². The van der Waals surface area contributed by atoms with Gasteiger partial charge in [-0.15, -0.1) is 0 Å². The molecule has 7 nitrogen and oxygen atoms in total. The second-order valence-corrected chi connectivity index (χ2v) is 7.93. The minimum Gasteiger partial charge on any atom is -0.497 e. The van der Waals surface area contributed by atoms with Gasteiger partial charge in [0.05, 0.1) is 20.6 Å². The van der Waals surface area contributed by atoms with Crippen LogP contribution in [0.15, 0.2) is 79.0 Å². The van der Waals surface area contributed by atoms with E-state index in [2.05, 4.69) is 10.3 Å². The molecule has 0 fully saturated rings. The van der Waals surface area contributed by atoms with Crippen molar-refractivity contribution in [2.75, 3.05) is 26.6 Å². The number of hydrogen-bond acceptors (Lipinski definition) is 4. The zero-order chi connectivity index (χ0) is 24.1. The number of H-pyrrole nitrogens is 1. The van der Waals surface area contributed by atoms with Gasteiger partial charge in [-0.1, -0.05) is 30.3 Å². The van der Waals surface area contributed by atoms with Gasteiger partial charge in [-0.2, -0.15) is 0 Å². The maximum Gasteiger partial charge on any atom is 0.251 e. The van der Waals surface area contributed by atoms with Crippen LogP contribution in [0.5, 0.6) is 11.5 Å². The summed E-state index contributed by atoms with van der Waals surface area (Å²) in [6.45, 7) is 0. The fraction of sp³-hybridized carbons (Fsp3) is 0.185. The van der Waals surface area contributed by atoms with E-state index < -0.39 is 6.04 Å². The van der Waals surface area contributed by atoms with Gasteiger partial charge in [-0.3, -0.25) is 9.59 Å². The molecular formula is C27H27N3O4. The zero-order valence-electron chi connectivity index (χ0n) is 19.4. The van der Waals surface area contributed by atoms with Crippen LogP contribution in [0.4, 0.5) is 5.69 Å². The molecule has 0 radical (unpaired) electrons. The van der Waals surface area contributed by atoms with E-state index in [1.165, 1.54) is 4.90 Å². The van der Waals surface area contributed by atoms with Crippen molar-refractivity contribution in [3.63, 3.8) is 0 Å². The average Bonchev–Trinajstić information content (AvgIpc) is 3.27. The number of fused-ring (bicyclic) bond motifs is 1. The predicted molar refractivity (Wildman–Crippen MR) is 132 cm³/mol. The summed E-state index contributed by atoms with van der Waals surface area (Å²) in [5.41, 5.74) is 3.15. The number of amides is 2. The summed E-state index contributed by atoms with van der Waals surface area (Å²) in [5, 5.41) is 3.91. The molecule has 0 aliphatic heterocycles. The first kappa shape index (κ1) is 22.9. The molecule has 0 unspecified atom stereocenters. The van der Waals surface area contributed by atoms with Gasteiger partial charge in [0.2, 0.25) is 5.91 Å². The van der Waals surface area contributed by atoms with Crippen LogP contribution in [0.1, 0.15) is 17.2 Å². The Morgan fingerprint density at radius 3 is 2.18 bits per heavy atom. The van der Waals surface area contributed by atoms with Crippen LogP contribution >= 0.6 is 0 Å². The summed E-state index contributed by atoms with van der Waals surface area (Å²) in [4.78, 5) is 31.4. The van der Waals surface area contributed by atoms with Crippen molar-refractivity contribution in [2.24, 2.45) is 0 Å². The predicted octanol–water partition coefficient (Wildman–Crippen LogP) is 4.57. The number of likely N-dealkylation sites (N-methyl/N-ethyl adjacent to an activating group) is 1. The Morgan fingerprint density at radius 1 is 0.912 bits per heavy atom. The number of nitrogens with zero attached hydrogens (tertiary/aromatic N) is 1. The Hall–Kier alpha value is -4.26. The smallest absolute Gasteiger partial charge is 0.251 e. The monoisotopic (exact) mass is 457 g/mol. The molecule has 0 bridgehead atoms. The van der Waals surface area contributed by atoms with Crippen LogP contribution < -0.4 is 14.8 Å². The molecule has 0 aliphatic carbocycles. The van der Waals surface area contributed by atoms with E-state index in [0.29, 0.717) is 22.7 Å².